The Morgan fingerprint density at radius 3 is 2.37 bits per heavy atom. The van der Waals surface area contributed by atoms with Crippen LogP contribution in [-0.4, -0.2) is 24.2 Å². The van der Waals surface area contributed by atoms with Crippen LogP contribution in [0.25, 0.3) is 11.8 Å². The summed E-state index contributed by atoms with van der Waals surface area (Å²) in [6, 6.07) is 33.1. The first-order chi connectivity index (χ1) is 21.0. The van der Waals surface area contributed by atoms with Gasteiger partial charge in [-0.15, -0.1) is 0 Å². The summed E-state index contributed by atoms with van der Waals surface area (Å²) in [4.78, 5) is 37.7. The van der Waals surface area contributed by atoms with E-state index in [-0.39, 0.29) is 12.2 Å². The second kappa shape index (κ2) is 11.2. The van der Waals surface area contributed by atoms with Gasteiger partial charge in [-0.25, -0.2) is 9.79 Å². The quantitative estimate of drug-likeness (QED) is 0.226. The second-order valence-electron chi connectivity index (χ2n) is 10.2. The van der Waals surface area contributed by atoms with Crippen molar-refractivity contribution >= 4 is 52.2 Å². The number of hydrogen-bond donors (Lipinski definition) is 0. The lowest BCUT2D eigenvalue weighted by Crippen LogP contribution is -2.40. The van der Waals surface area contributed by atoms with E-state index in [0.717, 1.165) is 27.3 Å². The van der Waals surface area contributed by atoms with Gasteiger partial charge in [0.1, 0.15) is 0 Å². The molecule has 0 saturated carbocycles. The van der Waals surface area contributed by atoms with Crippen molar-refractivity contribution in [3.05, 3.63) is 145 Å². The molecule has 0 fully saturated rings. The van der Waals surface area contributed by atoms with E-state index in [2.05, 4.69) is 36.2 Å². The molecule has 0 amide bonds. The zero-order chi connectivity index (χ0) is 29.5. The number of para-hydroxylation sites is 1. The van der Waals surface area contributed by atoms with Gasteiger partial charge < -0.3 is 9.64 Å². The van der Waals surface area contributed by atoms with Gasteiger partial charge in [-0.3, -0.25) is 9.36 Å². The van der Waals surface area contributed by atoms with E-state index in [1.807, 2.05) is 84.9 Å². The lowest BCUT2D eigenvalue weighted by atomic mass is 9.93. The predicted octanol–water partition coefficient (Wildman–Crippen LogP) is 6.17. The van der Waals surface area contributed by atoms with Crippen LogP contribution in [0.3, 0.4) is 0 Å². The Kier molecular flexibility index (Phi) is 7.08. The van der Waals surface area contributed by atoms with E-state index >= 15 is 0 Å². The standard InChI is InChI=1S/C35H27N3O3S2/c1-3-41-34(40)30-31(23-12-6-4-7-13-23)36-35-38(32(30)24-14-8-5-9-15-24)33(39)29(43-35)21-22-18-19-26-28(20-22)42-27-17-11-10-16-25(27)37(26)2/h4-21,32H,3H2,1-2H3/b29-21+/t32-/m1/s1. The fraction of sp³-hybridized carbons (Fsp3) is 0.114. The summed E-state index contributed by atoms with van der Waals surface area (Å²) in [5.74, 6) is -0.482. The van der Waals surface area contributed by atoms with Crippen LogP contribution in [-0.2, 0) is 9.53 Å². The van der Waals surface area contributed by atoms with Crippen molar-refractivity contribution < 1.29 is 9.53 Å². The molecular formula is C35H27N3O3S2. The molecule has 0 radical (unpaired) electrons. The number of aromatic nitrogens is 1. The fourth-order valence-electron chi connectivity index (χ4n) is 5.59. The number of carbonyl (C=O) groups is 1. The maximum absolute atomic E-state index is 14.2. The molecule has 6 nitrogen and oxygen atoms in total. The Labute approximate surface area is 256 Å². The van der Waals surface area contributed by atoms with E-state index in [0.29, 0.717) is 20.6 Å². The third-order valence-electron chi connectivity index (χ3n) is 7.58. The predicted molar refractivity (Wildman–Crippen MR) is 173 cm³/mol. The summed E-state index contributed by atoms with van der Waals surface area (Å²) in [5.41, 5.74) is 5.51. The molecule has 0 bridgehead atoms. The third-order valence-corrected chi connectivity index (χ3v) is 9.67. The van der Waals surface area contributed by atoms with E-state index < -0.39 is 12.0 Å². The first-order valence-corrected chi connectivity index (χ1v) is 15.6. The van der Waals surface area contributed by atoms with Gasteiger partial charge in [-0.05, 0) is 48.4 Å². The van der Waals surface area contributed by atoms with Crippen molar-refractivity contribution in [3.8, 4) is 0 Å². The summed E-state index contributed by atoms with van der Waals surface area (Å²) >= 11 is 3.06. The topological polar surface area (TPSA) is 63.9 Å². The van der Waals surface area contributed by atoms with Crippen molar-refractivity contribution in [1.82, 2.24) is 4.57 Å². The summed E-state index contributed by atoms with van der Waals surface area (Å²) < 4.78 is 7.73. The largest absolute Gasteiger partial charge is 0.463 e. The van der Waals surface area contributed by atoms with Crippen LogP contribution >= 0.6 is 23.1 Å². The van der Waals surface area contributed by atoms with E-state index in [1.165, 1.54) is 21.9 Å². The zero-order valence-electron chi connectivity index (χ0n) is 23.6. The van der Waals surface area contributed by atoms with Gasteiger partial charge in [0, 0.05) is 22.4 Å². The third kappa shape index (κ3) is 4.82. The van der Waals surface area contributed by atoms with Gasteiger partial charge in [0.15, 0.2) is 4.80 Å². The van der Waals surface area contributed by atoms with Crippen LogP contribution in [0.5, 0.6) is 0 Å². The second-order valence-corrected chi connectivity index (χ2v) is 12.3. The molecule has 3 heterocycles. The van der Waals surface area contributed by atoms with E-state index in [1.54, 1.807) is 23.3 Å². The van der Waals surface area contributed by atoms with Crippen molar-refractivity contribution in [2.24, 2.45) is 4.99 Å². The maximum atomic E-state index is 14.2. The first-order valence-electron chi connectivity index (χ1n) is 14.0. The van der Waals surface area contributed by atoms with Crippen molar-refractivity contribution in [2.75, 3.05) is 18.6 Å². The molecule has 7 rings (SSSR count). The number of ether oxygens (including phenoxy) is 1. The average Bonchev–Trinajstić information content (AvgIpc) is 3.35. The Morgan fingerprint density at radius 1 is 0.907 bits per heavy atom. The Bertz CT molecular complexity index is 2080. The summed E-state index contributed by atoms with van der Waals surface area (Å²) in [5, 5.41) is 0. The van der Waals surface area contributed by atoms with Crippen LogP contribution in [0.1, 0.15) is 29.7 Å². The highest BCUT2D eigenvalue weighted by molar-refractivity contribution is 7.99. The normalized spacial score (nSPS) is 15.8. The number of carbonyl (C=O) groups excluding carboxylic acids is 1. The lowest BCUT2D eigenvalue weighted by Gasteiger charge is -2.29. The molecule has 1 aromatic heterocycles. The number of fused-ring (bicyclic) bond motifs is 3. The van der Waals surface area contributed by atoms with E-state index in [9.17, 15) is 9.59 Å². The molecule has 0 saturated heterocycles. The molecule has 0 unspecified atom stereocenters. The Balaban J connectivity index is 1.41. The fourth-order valence-corrected chi connectivity index (χ4v) is 7.79. The molecule has 5 aromatic rings. The molecule has 2 aliphatic rings. The molecule has 43 heavy (non-hydrogen) atoms. The number of esters is 1. The smallest absolute Gasteiger partial charge is 0.338 e. The number of nitrogens with zero attached hydrogens (tertiary/aromatic N) is 3. The molecule has 2 aliphatic heterocycles. The molecule has 212 valence electrons. The van der Waals surface area contributed by atoms with Gasteiger partial charge in [0.2, 0.25) is 0 Å². The molecule has 0 aliphatic carbocycles. The lowest BCUT2D eigenvalue weighted by molar-refractivity contribution is -0.138. The maximum Gasteiger partial charge on any atom is 0.338 e. The van der Waals surface area contributed by atoms with Crippen molar-refractivity contribution in [2.45, 2.75) is 22.8 Å². The highest BCUT2D eigenvalue weighted by Crippen LogP contribution is 2.47. The molecule has 4 aromatic carbocycles. The van der Waals surface area contributed by atoms with Crippen LogP contribution in [0.4, 0.5) is 11.4 Å². The number of thiazole rings is 1. The van der Waals surface area contributed by atoms with Crippen LogP contribution in [0.15, 0.2) is 128 Å². The van der Waals surface area contributed by atoms with Gasteiger partial charge >= 0.3 is 5.97 Å². The first kappa shape index (κ1) is 27.2. The summed E-state index contributed by atoms with van der Waals surface area (Å²) in [7, 11) is 2.07. The minimum atomic E-state index is -0.682. The van der Waals surface area contributed by atoms with Gasteiger partial charge in [-0.2, -0.15) is 0 Å². The molecule has 0 spiro atoms. The number of anilines is 2. The number of rotatable bonds is 5. The monoisotopic (exact) mass is 601 g/mol. The highest BCUT2D eigenvalue weighted by atomic mass is 32.2. The average molecular weight is 602 g/mol. The highest BCUT2D eigenvalue weighted by Gasteiger charge is 2.35. The van der Waals surface area contributed by atoms with Gasteiger partial charge in [0.05, 0.1) is 39.8 Å². The Morgan fingerprint density at radius 2 is 1.60 bits per heavy atom. The number of benzene rings is 4. The Hall–Kier alpha value is -4.66. The minimum absolute atomic E-state index is 0.195. The minimum Gasteiger partial charge on any atom is -0.463 e. The molecular weight excluding hydrogens is 575 g/mol. The zero-order valence-corrected chi connectivity index (χ0v) is 25.2. The van der Waals surface area contributed by atoms with Crippen LogP contribution in [0, 0.1) is 0 Å². The summed E-state index contributed by atoms with van der Waals surface area (Å²) in [6.45, 7) is 1.99. The van der Waals surface area contributed by atoms with Gasteiger partial charge in [0.25, 0.3) is 5.56 Å². The van der Waals surface area contributed by atoms with Crippen LogP contribution in [0.2, 0.25) is 0 Å². The van der Waals surface area contributed by atoms with Gasteiger partial charge in [-0.1, -0.05) is 102 Å². The van der Waals surface area contributed by atoms with Crippen molar-refractivity contribution in [3.63, 3.8) is 0 Å². The SMILES string of the molecule is CCOC(=O)C1=C(c2ccccc2)N=c2s/c(=C/c3ccc4c(c3)Sc3ccccc3N4C)c(=O)n2[C@@H]1c1ccccc1. The number of hydrogen-bond acceptors (Lipinski definition) is 7. The van der Waals surface area contributed by atoms with E-state index in [4.69, 9.17) is 9.73 Å². The molecule has 1 atom stereocenters. The van der Waals surface area contributed by atoms with Crippen molar-refractivity contribution in [1.29, 1.82) is 0 Å². The molecule has 0 N–H and O–H groups in total. The van der Waals surface area contributed by atoms with Crippen LogP contribution < -0.4 is 19.8 Å². The molecule has 8 heteroatoms. The summed E-state index contributed by atoms with van der Waals surface area (Å²) in [6.07, 6.45) is 1.92.